The van der Waals surface area contributed by atoms with E-state index in [1.54, 1.807) is 6.07 Å². The predicted octanol–water partition coefficient (Wildman–Crippen LogP) is 0.225. The van der Waals surface area contributed by atoms with Gasteiger partial charge in [0, 0.05) is 12.5 Å². The van der Waals surface area contributed by atoms with Crippen LogP contribution in [0.2, 0.25) is 0 Å². The van der Waals surface area contributed by atoms with Gasteiger partial charge in [0.25, 0.3) is 0 Å². The Morgan fingerprint density at radius 2 is 2.09 bits per heavy atom. The standard InChI is InChI=1S/C13H15N3O5S/c17-11-6-8(5-9-2-4-12(18)14-9)1-3-10(11)16-7-13(19)15-22(16,20)21/h1,3,6-7,9,15,17,19H,2,4-5H2,(H,14,18)/t9-/m0/s1. The van der Waals surface area contributed by atoms with E-state index in [1.807, 2.05) is 4.72 Å². The minimum absolute atomic E-state index is 0.0145. The highest BCUT2D eigenvalue weighted by molar-refractivity contribution is 7.91. The number of carbonyl (C=O) groups excluding carboxylic acids is 1. The van der Waals surface area contributed by atoms with Gasteiger partial charge in [-0.05, 0) is 30.5 Å². The lowest BCUT2D eigenvalue weighted by atomic mass is 10.0. The van der Waals surface area contributed by atoms with E-state index in [0.29, 0.717) is 12.8 Å². The minimum Gasteiger partial charge on any atom is -0.506 e. The van der Waals surface area contributed by atoms with Crippen molar-refractivity contribution in [1.29, 1.82) is 0 Å². The molecule has 1 amide bonds. The number of hydrogen-bond donors (Lipinski definition) is 4. The average Bonchev–Trinajstić information content (AvgIpc) is 2.92. The number of amides is 1. The Morgan fingerprint density at radius 1 is 1.32 bits per heavy atom. The van der Waals surface area contributed by atoms with Crippen LogP contribution in [0.5, 0.6) is 5.75 Å². The van der Waals surface area contributed by atoms with Crippen LogP contribution in [0.15, 0.2) is 30.3 Å². The summed E-state index contributed by atoms with van der Waals surface area (Å²) in [6.45, 7) is 0. The van der Waals surface area contributed by atoms with Crippen LogP contribution in [0.25, 0.3) is 0 Å². The molecule has 9 heteroatoms. The Balaban J connectivity index is 1.82. The molecular weight excluding hydrogens is 310 g/mol. The van der Waals surface area contributed by atoms with Crippen molar-refractivity contribution in [2.24, 2.45) is 0 Å². The molecule has 0 unspecified atom stereocenters. The van der Waals surface area contributed by atoms with Crippen LogP contribution in [-0.2, 0) is 21.4 Å². The first-order valence-corrected chi connectivity index (χ1v) is 8.13. The molecule has 0 aromatic heterocycles. The SMILES string of the molecule is O=C1CC[C@@H](Cc2ccc(N3C=C(O)NS3(=O)=O)c(O)c2)N1. The summed E-state index contributed by atoms with van der Waals surface area (Å²) in [5.74, 6) is -0.726. The average molecular weight is 325 g/mol. The zero-order valence-corrected chi connectivity index (χ0v) is 12.3. The third-order valence-corrected chi connectivity index (χ3v) is 4.86. The van der Waals surface area contributed by atoms with Gasteiger partial charge < -0.3 is 15.5 Å². The predicted molar refractivity (Wildman–Crippen MR) is 78.2 cm³/mol. The number of rotatable bonds is 3. The molecule has 0 aliphatic carbocycles. The van der Waals surface area contributed by atoms with Crippen LogP contribution in [0.1, 0.15) is 18.4 Å². The minimum atomic E-state index is -3.93. The number of aliphatic hydroxyl groups excluding tert-OH is 1. The smallest absolute Gasteiger partial charge is 0.330 e. The molecule has 3 rings (SSSR count). The Hall–Kier alpha value is -2.42. The summed E-state index contributed by atoms with van der Waals surface area (Å²) >= 11 is 0. The molecule has 1 fully saturated rings. The number of aromatic hydroxyl groups is 1. The molecule has 0 spiro atoms. The second-order valence-corrected chi connectivity index (χ2v) is 6.80. The van der Waals surface area contributed by atoms with Crippen LogP contribution in [-0.4, -0.2) is 30.6 Å². The van der Waals surface area contributed by atoms with Crippen molar-refractivity contribution in [2.75, 3.05) is 4.31 Å². The summed E-state index contributed by atoms with van der Waals surface area (Å²) in [7, 11) is -3.93. The van der Waals surface area contributed by atoms with Crippen molar-refractivity contribution < 1.29 is 23.4 Å². The summed E-state index contributed by atoms with van der Waals surface area (Å²) in [4.78, 5) is 11.2. The van der Waals surface area contributed by atoms with E-state index in [4.69, 9.17) is 0 Å². The van der Waals surface area contributed by atoms with Gasteiger partial charge in [0.2, 0.25) is 11.8 Å². The summed E-state index contributed by atoms with van der Waals surface area (Å²) in [5, 5.41) is 22.2. The largest absolute Gasteiger partial charge is 0.506 e. The van der Waals surface area contributed by atoms with Gasteiger partial charge >= 0.3 is 10.2 Å². The van der Waals surface area contributed by atoms with E-state index >= 15 is 0 Å². The fourth-order valence-electron chi connectivity index (χ4n) is 2.58. The maximum absolute atomic E-state index is 11.8. The van der Waals surface area contributed by atoms with E-state index in [-0.39, 0.29) is 23.4 Å². The molecule has 2 heterocycles. The van der Waals surface area contributed by atoms with E-state index in [2.05, 4.69) is 5.32 Å². The Morgan fingerprint density at radius 3 is 2.64 bits per heavy atom. The van der Waals surface area contributed by atoms with Gasteiger partial charge in [-0.3, -0.25) is 4.79 Å². The fourth-order valence-corrected chi connectivity index (χ4v) is 3.65. The van der Waals surface area contributed by atoms with Crippen molar-refractivity contribution in [3.8, 4) is 5.75 Å². The van der Waals surface area contributed by atoms with Gasteiger partial charge in [0.1, 0.15) is 11.4 Å². The number of nitrogens with one attached hydrogen (secondary N) is 2. The highest BCUT2D eigenvalue weighted by Gasteiger charge is 2.30. The monoisotopic (exact) mass is 325 g/mol. The lowest BCUT2D eigenvalue weighted by Crippen LogP contribution is -2.29. The number of aliphatic hydroxyl groups is 1. The zero-order chi connectivity index (χ0) is 15.9. The third-order valence-electron chi connectivity index (χ3n) is 3.58. The molecular formula is C13H15N3O5S. The molecule has 8 nitrogen and oxygen atoms in total. The summed E-state index contributed by atoms with van der Waals surface area (Å²) < 4.78 is 26.2. The zero-order valence-electron chi connectivity index (χ0n) is 11.5. The number of phenolic OH excluding ortho intramolecular Hbond substituents is 1. The van der Waals surface area contributed by atoms with E-state index in [1.165, 1.54) is 12.1 Å². The maximum atomic E-state index is 11.8. The van der Waals surface area contributed by atoms with Gasteiger partial charge in [-0.1, -0.05) is 6.07 Å². The van der Waals surface area contributed by atoms with Crippen LogP contribution >= 0.6 is 0 Å². The third kappa shape index (κ3) is 2.67. The topological polar surface area (TPSA) is 119 Å². The fraction of sp³-hybridized carbons (Fsp3) is 0.308. The maximum Gasteiger partial charge on any atom is 0.330 e. The first kappa shape index (κ1) is 14.5. The number of hydrogen-bond acceptors (Lipinski definition) is 5. The Bertz CT molecular complexity index is 759. The van der Waals surface area contributed by atoms with Crippen LogP contribution < -0.4 is 14.3 Å². The molecule has 1 saturated heterocycles. The highest BCUT2D eigenvalue weighted by Crippen LogP contribution is 2.33. The second-order valence-electron chi connectivity index (χ2n) is 5.25. The lowest BCUT2D eigenvalue weighted by molar-refractivity contribution is -0.119. The molecule has 2 aliphatic rings. The van der Waals surface area contributed by atoms with Gasteiger partial charge in [0.15, 0.2) is 0 Å². The van der Waals surface area contributed by atoms with Gasteiger partial charge in [0.05, 0.1) is 6.20 Å². The van der Waals surface area contributed by atoms with E-state index in [9.17, 15) is 23.4 Å². The molecule has 0 saturated carbocycles. The molecule has 1 atom stereocenters. The Kier molecular flexibility index (Phi) is 3.36. The lowest BCUT2D eigenvalue weighted by Gasteiger charge is -2.17. The van der Waals surface area contributed by atoms with Gasteiger partial charge in [-0.2, -0.15) is 8.42 Å². The van der Waals surface area contributed by atoms with Crippen LogP contribution in [0.3, 0.4) is 0 Å². The van der Waals surface area contributed by atoms with Gasteiger partial charge in [-0.15, -0.1) is 0 Å². The van der Waals surface area contributed by atoms with Crippen LogP contribution in [0.4, 0.5) is 5.69 Å². The molecule has 1 aromatic carbocycles. The number of benzene rings is 1. The van der Waals surface area contributed by atoms with E-state index < -0.39 is 16.1 Å². The summed E-state index contributed by atoms with van der Waals surface area (Å²) in [5.41, 5.74) is 0.821. The normalized spacial score (nSPS) is 23.1. The van der Waals surface area contributed by atoms with Crippen molar-refractivity contribution in [3.05, 3.63) is 35.8 Å². The van der Waals surface area contributed by atoms with Crippen molar-refractivity contribution >= 4 is 21.8 Å². The highest BCUT2D eigenvalue weighted by atomic mass is 32.2. The first-order chi connectivity index (χ1) is 10.3. The molecule has 1 aromatic rings. The summed E-state index contributed by atoms with van der Waals surface area (Å²) in [6.07, 6.45) is 2.77. The van der Waals surface area contributed by atoms with Gasteiger partial charge in [-0.25, -0.2) is 9.03 Å². The first-order valence-electron chi connectivity index (χ1n) is 6.69. The number of anilines is 1. The molecule has 0 radical (unpaired) electrons. The molecule has 2 aliphatic heterocycles. The quantitative estimate of drug-likeness (QED) is 0.634. The molecule has 4 N–H and O–H groups in total. The second kappa shape index (κ2) is 5.09. The van der Waals surface area contributed by atoms with Crippen molar-refractivity contribution in [3.63, 3.8) is 0 Å². The molecule has 118 valence electrons. The Labute approximate surface area is 127 Å². The number of carbonyl (C=O) groups is 1. The van der Waals surface area contributed by atoms with E-state index in [0.717, 1.165) is 22.5 Å². The summed E-state index contributed by atoms with van der Waals surface area (Å²) in [6, 6.07) is 4.62. The molecule has 0 bridgehead atoms. The van der Waals surface area contributed by atoms with Crippen molar-refractivity contribution in [1.82, 2.24) is 10.0 Å². The molecule has 22 heavy (non-hydrogen) atoms. The van der Waals surface area contributed by atoms with Crippen molar-refractivity contribution in [2.45, 2.75) is 25.3 Å². The number of phenols is 1. The number of nitrogens with zero attached hydrogens (tertiary/aromatic N) is 1. The van der Waals surface area contributed by atoms with Crippen LogP contribution in [0, 0.1) is 0 Å².